The summed E-state index contributed by atoms with van der Waals surface area (Å²) in [6.45, 7) is 2.60. The SMILES string of the molecule is CC(=O)N[C@@H](CCC(N)=O)C(=O)N[C@@H](C)C(=O)N[C@@H](Cc1c[nH]c2ccccc12)C(=O)O. The summed E-state index contributed by atoms with van der Waals surface area (Å²) >= 11 is 0. The fraction of sp³-hybridized carbons (Fsp3) is 0.381. The molecule has 0 radical (unpaired) electrons. The van der Waals surface area contributed by atoms with Gasteiger partial charge >= 0.3 is 5.97 Å². The number of amides is 4. The molecule has 2 rings (SSSR count). The van der Waals surface area contributed by atoms with E-state index in [1.54, 1.807) is 6.20 Å². The Morgan fingerprint density at radius 2 is 1.72 bits per heavy atom. The predicted octanol–water partition coefficient (Wildman–Crippen LogP) is -0.445. The lowest BCUT2D eigenvalue weighted by molar-refractivity contribution is -0.142. The number of hydrogen-bond donors (Lipinski definition) is 6. The van der Waals surface area contributed by atoms with Crippen LogP contribution in [0.2, 0.25) is 0 Å². The first-order chi connectivity index (χ1) is 15.1. The number of para-hydroxylation sites is 1. The number of H-pyrrole nitrogens is 1. The highest BCUT2D eigenvalue weighted by Gasteiger charge is 2.27. The summed E-state index contributed by atoms with van der Waals surface area (Å²) in [6.07, 6.45) is 1.56. The van der Waals surface area contributed by atoms with E-state index in [-0.39, 0.29) is 19.3 Å². The molecular weight excluding hydrogens is 418 g/mol. The summed E-state index contributed by atoms with van der Waals surface area (Å²) < 4.78 is 0. The van der Waals surface area contributed by atoms with Gasteiger partial charge in [0.1, 0.15) is 18.1 Å². The van der Waals surface area contributed by atoms with Gasteiger partial charge in [0, 0.05) is 36.9 Å². The van der Waals surface area contributed by atoms with Crippen molar-refractivity contribution in [3.63, 3.8) is 0 Å². The molecule has 4 amide bonds. The summed E-state index contributed by atoms with van der Waals surface area (Å²) in [5.74, 6) is -3.74. The number of nitrogens with two attached hydrogens (primary N) is 1. The molecule has 2 aromatic rings. The molecule has 0 unspecified atom stereocenters. The molecule has 32 heavy (non-hydrogen) atoms. The Kier molecular flexibility index (Phi) is 8.33. The van der Waals surface area contributed by atoms with Crippen LogP contribution in [-0.4, -0.2) is 57.8 Å². The van der Waals surface area contributed by atoms with Crippen LogP contribution in [0.25, 0.3) is 10.9 Å². The van der Waals surface area contributed by atoms with Crippen LogP contribution in [0, 0.1) is 0 Å². The average Bonchev–Trinajstić information content (AvgIpc) is 3.12. The number of rotatable bonds is 11. The molecule has 1 aromatic carbocycles. The highest BCUT2D eigenvalue weighted by Crippen LogP contribution is 2.19. The summed E-state index contributed by atoms with van der Waals surface area (Å²) in [7, 11) is 0. The Labute approximate surface area is 184 Å². The first-order valence-electron chi connectivity index (χ1n) is 10.0. The van der Waals surface area contributed by atoms with E-state index in [0.717, 1.165) is 16.5 Å². The number of nitrogens with one attached hydrogen (secondary N) is 4. The van der Waals surface area contributed by atoms with E-state index in [2.05, 4.69) is 20.9 Å². The molecule has 0 bridgehead atoms. The van der Waals surface area contributed by atoms with Crippen LogP contribution in [-0.2, 0) is 30.4 Å². The lowest BCUT2D eigenvalue weighted by Crippen LogP contribution is -2.55. The summed E-state index contributed by atoms with van der Waals surface area (Å²) in [5, 5.41) is 17.7. The molecule has 0 saturated heterocycles. The van der Waals surface area contributed by atoms with Crippen LogP contribution in [0.1, 0.15) is 32.3 Å². The Bertz CT molecular complexity index is 1020. The van der Waals surface area contributed by atoms with Gasteiger partial charge in [-0.15, -0.1) is 0 Å². The molecule has 1 aromatic heterocycles. The number of carboxylic acid groups (broad SMARTS) is 1. The predicted molar refractivity (Wildman–Crippen MR) is 115 cm³/mol. The summed E-state index contributed by atoms with van der Waals surface area (Å²) in [5.41, 5.74) is 6.66. The number of aliphatic carboxylic acids is 1. The lowest BCUT2D eigenvalue weighted by Gasteiger charge is -2.22. The normalized spacial score (nSPS) is 13.6. The highest BCUT2D eigenvalue weighted by atomic mass is 16.4. The van der Waals surface area contributed by atoms with E-state index >= 15 is 0 Å². The quantitative estimate of drug-likeness (QED) is 0.272. The minimum absolute atomic E-state index is 0.0343. The van der Waals surface area contributed by atoms with Crippen molar-refractivity contribution >= 4 is 40.5 Å². The number of aromatic nitrogens is 1. The third-order valence-corrected chi connectivity index (χ3v) is 4.84. The molecule has 3 atom stereocenters. The van der Waals surface area contributed by atoms with Crippen molar-refractivity contribution in [2.45, 2.75) is 51.2 Å². The van der Waals surface area contributed by atoms with Crippen molar-refractivity contribution < 1.29 is 29.1 Å². The van der Waals surface area contributed by atoms with Gasteiger partial charge in [0.25, 0.3) is 0 Å². The van der Waals surface area contributed by atoms with Gasteiger partial charge in [0.15, 0.2) is 0 Å². The van der Waals surface area contributed by atoms with Gasteiger partial charge in [-0.3, -0.25) is 19.2 Å². The number of fused-ring (bicyclic) bond motifs is 1. The van der Waals surface area contributed by atoms with Crippen LogP contribution in [0.15, 0.2) is 30.5 Å². The first-order valence-corrected chi connectivity index (χ1v) is 10.0. The molecule has 0 aliphatic heterocycles. The number of hydrogen-bond acceptors (Lipinski definition) is 5. The Hall–Kier alpha value is -3.89. The van der Waals surface area contributed by atoms with Gasteiger partial charge in [-0.2, -0.15) is 0 Å². The highest BCUT2D eigenvalue weighted by molar-refractivity contribution is 5.93. The fourth-order valence-electron chi connectivity index (χ4n) is 3.20. The molecule has 0 saturated carbocycles. The molecular formula is C21H27N5O6. The third-order valence-electron chi connectivity index (χ3n) is 4.84. The second-order valence-corrected chi connectivity index (χ2v) is 7.45. The topological polar surface area (TPSA) is 183 Å². The van der Waals surface area contributed by atoms with E-state index in [9.17, 15) is 29.1 Å². The van der Waals surface area contributed by atoms with E-state index < -0.39 is 47.7 Å². The van der Waals surface area contributed by atoms with Crippen LogP contribution in [0.4, 0.5) is 0 Å². The minimum Gasteiger partial charge on any atom is -0.480 e. The first kappa shape index (κ1) is 24.4. The molecule has 172 valence electrons. The Morgan fingerprint density at radius 3 is 2.34 bits per heavy atom. The van der Waals surface area contributed by atoms with Crippen molar-refractivity contribution in [3.05, 3.63) is 36.0 Å². The van der Waals surface area contributed by atoms with Crippen LogP contribution in [0.5, 0.6) is 0 Å². The zero-order valence-corrected chi connectivity index (χ0v) is 17.8. The lowest BCUT2D eigenvalue weighted by atomic mass is 10.0. The monoisotopic (exact) mass is 445 g/mol. The molecule has 11 heteroatoms. The second kappa shape index (κ2) is 10.9. The van der Waals surface area contributed by atoms with E-state index in [1.165, 1.54) is 13.8 Å². The van der Waals surface area contributed by atoms with E-state index in [4.69, 9.17) is 5.73 Å². The van der Waals surface area contributed by atoms with Crippen LogP contribution < -0.4 is 21.7 Å². The van der Waals surface area contributed by atoms with Crippen molar-refractivity contribution in [2.75, 3.05) is 0 Å². The third kappa shape index (κ3) is 6.83. The van der Waals surface area contributed by atoms with Gasteiger partial charge in [0.05, 0.1) is 0 Å². The van der Waals surface area contributed by atoms with Crippen molar-refractivity contribution in [3.8, 4) is 0 Å². The standard InChI is InChI=1S/C21H27N5O6/c1-11(24-20(30)16(25-12(2)27)7-8-18(22)28)19(29)26-17(21(31)32)9-13-10-23-15-6-4-3-5-14(13)15/h3-6,10-11,16-17,23H,7-9H2,1-2H3,(H2,22,28)(H,24,30)(H,25,27)(H,26,29)(H,31,32)/t11-,16-,17-/m0/s1. The molecule has 7 N–H and O–H groups in total. The van der Waals surface area contributed by atoms with Gasteiger partial charge in [-0.05, 0) is 25.0 Å². The summed E-state index contributed by atoms with van der Waals surface area (Å²) in [6, 6.07) is 4.01. The second-order valence-electron chi connectivity index (χ2n) is 7.45. The number of carboxylic acids is 1. The van der Waals surface area contributed by atoms with Crippen molar-refractivity contribution in [2.24, 2.45) is 5.73 Å². The maximum absolute atomic E-state index is 12.5. The Morgan fingerprint density at radius 1 is 1.03 bits per heavy atom. The minimum atomic E-state index is -1.22. The smallest absolute Gasteiger partial charge is 0.326 e. The number of carbonyl (C=O) groups excluding carboxylic acids is 4. The molecule has 0 aliphatic carbocycles. The van der Waals surface area contributed by atoms with Gasteiger partial charge in [0.2, 0.25) is 23.6 Å². The largest absolute Gasteiger partial charge is 0.480 e. The maximum atomic E-state index is 12.5. The molecule has 0 spiro atoms. The van der Waals surface area contributed by atoms with Gasteiger partial charge in [-0.1, -0.05) is 18.2 Å². The van der Waals surface area contributed by atoms with Crippen molar-refractivity contribution in [1.29, 1.82) is 0 Å². The molecule has 0 fully saturated rings. The van der Waals surface area contributed by atoms with Gasteiger partial charge in [-0.25, -0.2) is 4.79 Å². The maximum Gasteiger partial charge on any atom is 0.326 e. The number of primary amides is 1. The van der Waals surface area contributed by atoms with Crippen LogP contribution in [0.3, 0.4) is 0 Å². The number of aromatic amines is 1. The van der Waals surface area contributed by atoms with E-state index in [0.29, 0.717) is 0 Å². The average molecular weight is 445 g/mol. The zero-order valence-electron chi connectivity index (χ0n) is 17.8. The number of benzene rings is 1. The van der Waals surface area contributed by atoms with Gasteiger partial charge < -0.3 is 31.8 Å². The van der Waals surface area contributed by atoms with Crippen LogP contribution >= 0.6 is 0 Å². The summed E-state index contributed by atoms with van der Waals surface area (Å²) in [4.78, 5) is 62.1. The fourth-order valence-corrected chi connectivity index (χ4v) is 3.20. The zero-order chi connectivity index (χ0) is 23.8. The molecule has 0 aliphatic rings. The van der Waals surface area contributed by atoms with E-state index in [1.807, 2.05) is 24.3 Å². The number of carbonyl (C=O) groups is 5. The Balaban J connectivity index is 2.02. The molecule has 11 nitrogen and oxygen atoms in total. The van der Waals surface area contributed by atoms with Crippen molar-refractivity contribution in [1.82, 2.24) is 20.9 Å². The molecule has 1 heterocycles.